The van der Waals surface area contributed by atoms with Crippen molar-refractivity contribution in [2.75, 3.05) is 19.7 Å². The normalized spacial score (nSPS) is 47.1. The first-order chi connectivity index (χ1) is 4.86. The van der Waals surface area contributed by atoms with E-state index in [4.69, 9.17) is 4.74 Å². The second kappa shape index (κ2) is 2.51. The number of fused-ring (bicyclic) bond motifs is 1. The van der Waals surface area contributed by atoms with Gasteiger partial charge in [0.05, 0.1) is 6.10 Å². The molecule has 0 aromatic heterocycles. The zero-order chi connectivity index (χ0) is 6.97. The monoisotopic (exact) mass is 141 g/mol. The van der Waals surface area contributed by atoms with E-state index in [1.165, 1.54) is 13.0 Å². The van der Waals surface area contributed by atoms with Crippen molar-refractivity contribution in [2.24, 2.45) is 11.8 Å². The Balaban J connectivity index is 1.96. The molecule has 2 fully saturated rings. The summed E-state index contributed by atoms with van der Waals surface area (Å²) in [4.78, 5) is 0. The summed E-state index contributed by atoms with van der Waals surface area (Å²) < 4.78 is 5.65. The molecular weight excluding hydrogens is 126 g/mol. The van der Waals surface area contributed by atoms with Crippen LogP contribution in [-0.4, -0.2) is 25.8 Å². The molecule has 10 heavy (non-hydrogen) atoms. The van der Waals surface area contributed by atoms with Crippen LogP contribution >= 0.6 is 0 Å². The summed E-state index contributed by atoms with van der Waals surface area (Å²) in [6.07, 6.45) is 1.90. The number of rotatable bonds is 0. The van der Waals surface area contributed by atoms with Gasteiger partial charge in [-0.05, 0) is 18.3 Å². The maximum absolute atomic E-state index is 5.65. The van der Waals surface area contributed by atoms with Gasteiger partial charge >= 0.3 is 0 Å². The first-order valence-electron chi connectivity index (χ1n) is 4.18. The Labute approximate surface area is 61.9 Å². The van der Waals surface area contributed by atoms with E-state index >= 15 is 0 Å². The second-order valence-electron chi connectivity index (χ2n) is 3.63. The molecule has 0 saturated carbocycles. The lowest BCUT2D eigenvalue weighted by Gasteiger charge is -2.29. The summed E-state index contributed by atoms with van der Waals surface area (Å²) >= 11 is 0. The van der Waals surface area contributed by atoms with Crippen molar-refractivity contribution < 1.29 is 4.74 Å². The van der Waals surface area contributed by atoms with Crippen LogP contribution in [0.4, 0.5) is 0 Å². The molecule has 0 aromatic rings. The maximum atomic E-state index is 5.65. The third-order valence-electron chi connectivity index (χ3n) is 2.58. The van der Waals surface area contributed by atoms with E-state index in [9.17, 15) is 0 Å². The van der Waals surface area contributed by atoms with E-state index in [-0.39, 0.29) is 0 Å². The summed E-state index contributed by atoms with van der Waals surface area (Å²) in [5.74, 6) is 1.59. The Kier molecular flexibility index (Phi) is 1.66. The molecule has 1 N–H and O–H groups in total. The van der Waals surface area contributed by atoms with Crippen molar-refractivity contribution in [3.63, 3.8) is 0 Å². The average Bonchev–Trinajstić information content (AvgIpc) is 2.33. The lowest BCUT2D eigenvalue weighted by Crippen LogP contribution is -2.32. The van der Waals surface area contributed by atoms with Gasteiger partial charge in [-0.15, -0.1) is 0 Å². The van der Waals surface area contributed by atoms with Crippen molar-refractivity contribution in [1.82, 2.24) is 5.32 Å². The van der Waals surface area contributed by atoms with Crippen LogP contribution in [0.15, 0.2) is 0 Å². The molecule has 2 nitrogen and oxygen atoms in total. The molecule has 0 radical (unpaired) electrons. The maximum Gasteiger partial charge on any atom is 0.0739 e. The average molecular weight is 141 g/mol. The van der Waals surface area contributed by atoms with Crippen molar-refractivity contribution in [3.05, 3.63) is 0 Å². The van der Waals surface area contributed by atoms with Gasteiger partial charge in [0.2, 0.25) is 0 Å². The molecule has 3 atom stereocenters. The van der Waals surface area contributed by atoms with Gasteiger partial charge in [-0.25, -0.2) is 0 Å². The fourth-order valence-corrected chi connectivity index (χ4v) is 2.01. The minimum atomic E-state index is 0.538. The molecule has 0 aliphatic carbocycles. The lowest BCUT2D eigenvalue weighted by atomic mass is 9.91. The minimum absolute atomic E-state index is 0.538. The van der Waals surface area contributed by atoms with E-state index in [1.54, 1.807) is 0 Å². The highest BCUT2D eigenvalue weighted by Gasteiger charge is 2.32. The Hall–Kier alpha value is -0.0800. The molecule has 3 unspecified atom stereocenters. The third kappa shape index (κ3) is 1.06. The summed E-state index contributed by atoms with van der Waals surface area (Å²) in [5.41, 5.74) is 0. The number of ether oxygens (including phenoxy) is 1. The highest BCUT2D eigenvalue weighted by molar-refractivity contribution is 4.85. The van der Waals surface area contributed by atoms with Gasteiger partial charge in [-0.1, -0.05) is 6.92 Å². The van der Waals surface area contributed by atoms with E-state index in [2.05, 4.69) is 12.2 Å². The van der Waals surface area contributed by atoms with Gasteiger partial charge in [0, 0.05) is 19.7 Å². The first kappa shape index (κ1) is 6.62. The largest absolute Gasteiger partial charge is 0.376 e. The van der Waals surface area contributed by atoms with Crippen LogP contribution in [0.3, 0.4) is 0 Å². The van der Waals surface area contributed by atoms with Crippen LogP contribution in [0.5, 0.6) is 0 Å². The van der Waals surface area contributed by atoms with E-state index in [0.29, 0.717) is 6.10 Å². The van der Waals surface area contributed by atoms with E-state index < -0.39 is 0 Å². The zero-order valence-corrected chi connectivity index (χ0v) is 6.47. The molecule has 2 aliphatic heterocycles. The zero-order valence-electron chi connectivity index (χ0n) is 6.47. The molecular formula is C8H15NO. The van der Waals surface area contributed by atoms with Crippen molar-refractivity contribution in [2.45, 2.75) is 19.4 Å². The Bertz CT molecular complexity index is 126. The van der Waals surface area contributed by atoms with E-state index in [1.807, 2.05) is 0 Å². The molecule has 0 bridgehead atoms. The van der Waals surface area contributed by atoms with Gasteiger partial charge in [0.1, 0.15) is 0 Å². The predicted octanol–water partition coefficient (Wildman–Crippen LogP) is 0.631. The first-order valence-corrected chi connectivity index (χ1v) is 4.18. The third-order valence-corrected chi connectivity index (χ3v) is 2.58. The van der Waals surface area contributed by atoms with Crippen LogP contribution in [0.2, 0.25) is 0 Å². The van der Waals surface area contributed by atoms with Crippen LogP contribution in [0.25, 0.3) is 0 Å². The number of hydrogen-bond acceptors (Lipinski definition) is 2. The predicted molar refractivity (Wildman–Crippen MR) is 39.9 cm³/mol. The SMILES string of the molecule is CC1COC2CNCC2C1. The van der Waals surface area contributed by atoms with Crippen LogP contribution < -0.4 is 5.32 Å². The number of hydrogen-bond donors (Lipinski definition) is 1. The summed E-state index contributed by atoms with van der Waals surface area (Å²) in [5, 5.41) is 3.36. The molecule has 0 aromatic carbocycles. The fraction of sp³-hybridized carbons (Fsp3) is 1.00. The number of nitrogens with one attached hydrogen (secondary N) is 1. The smallest absolute Gasteiger partial charge is 0.0739 e. The molecule has 2 rings (SSSR count). The molecule has 2 aliphatic rings. The van der Waals surface area contributed by atoms with Gasteiger partial charge in [-0.3, -0.25) is 0 Å². The standard InChI is InChI=1S/C8H15NO/c1-6-2-7-3-9-4-8(7)10-5-6/h6-9H,2-5H2,1H3. The van der Waals surface area contributed by atoms with Crippen LogP contribution in [-0.2, 0) is 4.74 Å². The molecule has 58 valence electrons. The fourth-order valence-electron chi connectivity index (χ4n) is 2.01. The van der Waals surface area contributed by atoms with Gasteiger partial charge < -0.3 is 10.1 Å². The lowest BCUT2D eigenvalue weighted by molar-refractivity contribution is -0.0269. The molecule has 0 amide bonds. The van der Waals surface area contributed by atoms with Gasteiger partial charge in [0.25, 0.3) is 0 Å². The van der Waals surface area contributed by atoms with Crippen molar-refractivity contribution in [1.29, 1.82) is 0 Å². The Morgan fingerprint density at radius 1 is 1.40 bits per heavy atom. The second-order valence-corrected chi connectivity index (χ2v) is 3.63. The summed E-state index contributed by atoms with van der Waals surface area (Å²) in [7, 11) is 0. The van der Waals surface area contributed by atoms with Crippen LogP contribution in [0, 0.1) is 11.8 Å². The Morgan fingerprint density at radius 2 is 2.30 bits per heavy atom. The topological polar surface area (TPSA) is 21.3 Å². The summed E-state index contributed by atoms with van der Waals surface area (Å²) in [6, 6.07) is 0. The van der Waals surface area contributed by atoms with Crippen molar-refractivity contribution >= 4 is 0 Å². The highest BCUT2D eigenvalue weighted by Crippen LogP contribution is 2.26. The quantitative estimate of drug-likeness (QED) is 0.534. The van der Waals surface area contributed by atoms with Gasteiger partial charge in [-0.2, -0.15) is 0 Å². The van der Waals surface area contributed by atoms with Crippen molar-refractivity contribution in [3.8, 4) is 0 Å². The van der Waals surface area contributed by atoms with E-state index in [0.717, 1.165) is 25.0 Å². The highest BCUT2D eigenvalue weighted by atomic mass is 16.5. The summed E-state index contributed by atoms with van der Waals surface area (Å²) in [6.45, 7) is 5.50. The molecule has 2 heteroatoms. The van der Waals surface area contributed by atoms with Gasteiger partial charge in [0.15, 0.2) is 0 Å². The van der Waals surface area contributed by atoms with Crippen LogP contribution in [0.1, 0.15) is 13.3 Å². The Morgan fingerprint density at radius 3 is 3.20 bits per heavy atom. The molecule has 0 spiro atoms. The minimum Gasteiger partial charge on any atom is -0.376 e. The molecule has 2 saturated heterocycles. The molecule has 2 heterocycles.